The lowest BCUT2D eigenvalue weighted by Crippen LogP contribution is -2.44. The van der Waals surface area contributed by atoms with Gasteiger partial charge in [0.05, 0.1) is 17.8 Å². The quantitative estimate of drug-likeness (QED) is 0.491. The molecule has 27 heavy (non-hydrogen) atoms. The molecule has 1 heterocycles. The molecule has 0 unspecified atom stereocenters. The maximum atomic E-state index is 6.61. The predicted molar refractivity (Wildman–Crippen MR) is 112 cm³/mol. The van der Waals surface area contributed by atoms with Gasteiger partial charge in [0.15, 0.2) is 5.96 Å². The van der Waals surface area contributed by atoms with Crippen LogP contribution in [0.3, 0.4) is 0 Å². The molecule has 3 aromatic carbocycles. The first-order valence-electron chi connectivity index (χ1n) is 9.60. The van der Waals surface area contributed by atoms with Crippen molar-refractivity contribution in [3.05, 3.63) is 102 Å². The van der Waals surface area contributed by atoms with Crippen LogP contribution in [0.4, 0.5) is 5.69 Å². The molecule has 3 heteroatoms. The van der Waals surface area contributed by atoms with E-state index in [0.717, 1.165) is 18.5 Å². The van der Waals surface area contributed by atoms with Gasteiger partial charge in [-0.15, -0.1) is 0 Å². The lowest BCUT2D eigenvalue weighted by Gasteiger charge is -2.43. The highest BCUT2D eigenvalue weighted by Gasteiger charge is 2.33. The minimum atomic E-state index is 0.234. The summed E-state index contributed by atoms with van der Waals surface area (Å²) in [7, 11) is 0. The maximum absolute atomic E-state index is 6.61. The van der Waals surface area contributed by atoms with Crippen LogP contribution in [0.1, 0.15) is 42.5 Å². The molecular formula is C24H25N3. The van der Waals surface area contributed by atoms with Crippen LogP contribution in [0.15, 0.2) is 96.0 Å². The first kappa shape index (κ1) is 17.3. The van der Waals surface area contributed by atoms with Gasteiger partial charge >= 0.3 is 0 Å². The summed E-state index contributed by atoms with van der Waals surface area (Å²) >= 11 is 0. The molecule has 0 aliphatic carbocycles. The Labute approximate surface area is 161 Å². The van der Waals surface area contributed by atoms with Gasteiger partial charge in [0.25, 0.3) is 0 Å². The Bertz CT molecular complexity index is 828. The van der Waals surface area contributed by atoms with Gasteiger partial charge in [-0.2, -0.15) is 0 Å². The SMILES string of the molecule is NC(=Nc1ccccc1)N1[C@@H](c2ccccc2)CCC[C@H]1c1ccccc1. The van der Waals surface area contributed by atoms with Gasteiger partial charge in [0.2, 0.25) is 0 Å². The molecule has 4 rings (SSSR count). The zero-order chi connectivity index (χ0) is 18.5. The molecule has 3 aromatic rings. The Hall–Kier alpha value is -3.07. The van der Waals surface area contributed by atoms with Crippen LogP contribution >= 0.6 is 0 Å². The fourth-order valence-corrected chi connectivity index (χ4v) is 4.02. The average Bonchev–Trinajstić information content (AvgIpc) is 2.75. The standard InChI is InChI=1S/C24H25N3/c25-24(26-21-15-8-3-9-16-21)27-22(19-11-4-1-5-12-19)17-10-18-23(27)20-13-6-2-7-14-20/h1-9,11-16,22-23H,10,17-18H2,(H2,25,26)/t22-,23+. The highest BCUT2D eigenvalue weighted by atomic mass is 15.3. The smallest absolute Gasteiger partial charge is 0.197 e. The number of benzene rings is 3. The molecule has 0 aromatic heterocycles. The number of hydrogen-bond acceptors (Lipinski definition) is 1. The van der Waals surface area contributed by atoms with Crippen molar-refractivity contribution >= 4 is 11.6 Å². The molecule has 0 bridgehead atoms. The van der Waals surface area contributed by atoms with Crippen molar-refractivity contribution in [2.45, 2.75) is 31.3 Å². The van der Waals surface area contributed by atoms with Gasteiger partial charge in [-0.1, -0.05) is 78.9 Å². The van der Waals surface area contributed by atoms with Gasteiger partial charge in [0.1, 0.15) is 0 Å². The van der Waals surface area contributed by atoms with Crippen LogP contribution in [0.25, 0.3) is 0 Å². The summed E-state index contributed by atoms with van der Waals surface area (Å²) in [6, 6.07) is 31.7. The molecule has 1 aliphatic rings. The summed E-state index contributed by atoms with van der Waals surface area (Å²) in [5.41, 5.74) is 10.1. The van der Waals surface area contributed by atoms with Gasteiger partial charge in [-0.25, -0.2) is 4.99 Å². The number of likely N-dealkylation sites (tertiary alicyclic amines) is 1. The number of hydrogen-bond donors (Lipinski definition) is 1. The van der Waals surface area contributed by atoms with E-state index in [1.54, 1.807) is 0 Å². The molecule has 0 radical (unpaired) electrons. The normalized spacial score (nSPS) is 20.4. The number of rotatable bonds is 3. The van der Waals surface area contributed by atoms with E-state index in [1.807, 2.05) is 30.3 Å². The summed E-state index contributed by atoms with van der Waals surface area (Å²) < 4.78 is 0. The maximum Gasteiger partial charge on any atom is 0.197 e. The van der Waals surface area contributed by atoms with Crippen molar-refractivity contribution < 1.29 is 0 Å². The lowest BCUT2D eigenvalue weighted by atomic mass is 9.88. The van der Waals surface area contributed by atoms with Gasteiger partial charge in [-0.3, -0.25) is 0 Å². The molecule has 0 spiro atoms. The van der Waals surface area contributed by atoms with E-state index < -0.39 is 0 Å². The predicted octanol–water partition coefficient (Wildman–Crippen LogP) is 5.60. The van der Waals surface area contributed by atoms with E-state index in [0.29, 0.717) is 5.96 Å². The topological polar surface area (TPSA) is 41.6 Å². The lowest BCUT2D eigenvalue weighted by molar-refractivity contribution is 0.166. The second kappa shape index (κ2) is 8.09. The fourth-order valence-electron chi connectivity index (χ4n) is 4.02. The number of nitrogens with two attached hydrogens (primary N) is 1. The second-order valence-electron chi connectivity index (χ2n) is 7.00. The van der Waals surface area contributed by atoms with Crippen LogP contribution in [0.5, 0.6) is 0 Å². The van der Waals surface area contributed by atoms with Crippen molar-refractivity contribution in [2.75, 3.05) is 0 Å². The molecule has 3 nitrogen and oxygen atoms in total. The molecular weight excluding hydrogens is 330 g/mol. The van der Waals surface area contributed by atoms with Crippen molar-refractivity contribution in [2.24, 2.45) is 10.7 Å². The molecule has 136 valence electrons. The highest BCUT2D eigenvalue weighted by molar-refractivity contribution is 5.82. The Morgan fingerprint density at radius 3 is 1.63 bits per heavy atom. The van der Waals surface area contributed by atoms with E-state index in [4.69, 9.17) is 10.7 Å². The largest absolute Gasteiger partial charge is 0.369 e. The van der Waals surface area contributed by atoms with E-state index in [1.165, 1.54) is 17.5 Å². The van der Waals surface area contributed by atoms with Crippen molar-refractivity contribution in [1.82, 2.24) is 4.90 Å². The van der Waals surface area contributed by atoms with Crippen LogP contribution in [-0.2, 0) is 0 Å². The number of piperidine rings is 1. The molecule has 0 amide bonds. The number of para-hydroxylation sites is 1. The Balaban J connectivity index is 1.76. The zero-order valence-electron chi connectivity index (χ0n) is 15.4. The minimum absolute atomic E-state index is 0.234. The molecule has 2 atom stereocenters. The molecule has 0 saturated carbocycles. The monoisotopic (exact) mass is 355 g/mol. The van der Waals surface area contributed by atoms with E-state index in [2.05, 4.69) is 65.6 Å². The zero-order valence-corrected chi connectivity index (χ0v) is 15.4. The van der Waals surface area contributed by atoms with Crippen LogP contribution in [-0.4, -0.2) is 10.9 Å². The summed E-state index contributed by atoms with van der Waals surface area (Å²) in [6.07, 6.45) is 3.34. The minimum Gasteiger partial charge on any atom is -0.369 e. The first-order valence-corrected chi connectivity index (χ1v) is 9.60. The second-order valence-corrected chi connectivity index (χ2v) is 7.00. The van der Waals surface area contributed by atoms with E-state index in [9.17, 15) is 0 Å². The van der Waals surface area contributed by atoms with E-state index >= 15 is 0 Å². The van der Waals surface area contributed by atoms with Crippen molar-refractivity contribution in [3.8, 4) is 0 Å². The summed E-state index contributed by atoms with van der Waals surface area (Å²) in [5, 5.41) is 0. The van der Waals surface area contributed by atoms with Crippen LogP contribution in [0, 0.1) is 0 Å². The van der Waals surface area contributed by atoms with E-state index in [-0.39, 0.29) is 12.1 Å². The molecule has 1 aliphatic heterocycles. The Kier molecular flexibility index (Phi) is 5.20. The molecule has 2 N–H and O–H groups in total. The van der Waals surface area contributed by atoms with Crippen LogP contribution < -0.4 is 5.73 Å². The third kappa shape index (κ3) is 3.87. The number of guanidine groups is 1. The fraction of sp³-hybridized carbons (Fsp3) is 0.208. The third-order valence-corrected chi connectivity index (χ3v) is 5.26. The van der Waals surface area contributed by atoms with Gasteiger partial charge < -0.3 is 10.6 Å². The summed E-state index contributed by atoms with van der Waals surface area (Å²) in [6.45, 7) is 0. The van der Waals surface area contributed by atoms with Crippen molar-refractivity contribution in [3.63, 3.8) is 0 Å². The average molecular weight is 355 g/mol. The third-order valence-electron chi connectivity index (χ3n) is 5.26. The Morgan fingerprint density at radius 1 is 0.704 bits per heavy atom. The molecule has 1 saturated heterocycles. The van der Waals surface area contributed by atoms with Gasteiger partial charge in [-0.05, 0) is 42.5 Å². The summed E-state index contributed by atoms with van der Waals surface area (Å²) in [5.74, 6) is 0.587. The first-order chi connectivity index (χ1) is 13.3. The van der Waals surface area contributed by atoms with Crippen molar-refractivity contribution in [1.29, 1.82) is 0 Å². The number of aliphatic imine (C=N–C) groups is 1. The number of nitrogens with zero attached hydrogens (tertiary/aromatic N) is 2. The van der Waals surface area contributed by atoms with Gasteiger partial charge in [0, 0.05) is 0 Å². The summed E-state index contributed by atoms with van der Waals surface area (Å²) in [4.78, 5) is 7.08. The Morgan fingerprint density at radius 2 is 1.15 bits per heavy atom. The highest BCUT2D eigenvalue weighted by Crippen LogP contribution is 2.41. The molecule has 1 fully saturated rings. The van der Waals surface area contributed by atoms with Crippen LogP contribution in [0.2, 0.25) is 0 Å².